The molecule has 1 unspecified atom stereocenters. The first-order valence-electron chi connectivity index (χ1n) is 15.8. The minimum Gasteiger partial charge on any atom is -0.466 e. The second-order valence-electron chi connectivity index (χ2n) is 11.1. The van der Waals surface area contributed by atoms with Crippen LogP contribution in [0.15, 0.2) is 48.5 Å². The SMILES string of the molecule is CCOC(=O)CC(SCC(=O)N(CCOC(C)C)c1ccc(C(=O)N2CCN(CCc3ccc(Cl)cc3)CC2)cc1)C(=O)OCC. The van der Waals surface area contributed by atoms with Gasteiger partial charge in [0.05, 0.1) is 38.1 Å². The highest BCUT2D eigenvalue weighted by molar-refractivity contribution is 8.01. The number of carbonyl (C=O) groups is 4. The van der Waals surface area contributed by atoms with Gasteiger partial charge in [-0.3, -0.25) is 24.1 Å². The maximum absolute atomic E-state index is 13.5. The average molecular weight is 676 g/mol. The molecule has 10 nitrogen and oxygen atoms in total. The third kappa shape index (κ3) is 12.2. The normalized spacial score (nSPS) is 14.2. The Bertz CT molecular complexity index is 1270. The average Bonchev–Trinajstić information content (AvgIpc) is 3.05. The van der Waals surface area contributed by atoms with Crippen LogP contribution in [-0.2, 0) is 35.0 Å². The van der Waals surface area contributed by atoms with Gasteiger partial charge in [-0.2, -0.15) is 0 Å². The van der Waals surface area contributed by atoms with Gasteiger partial charge in [0.15, 0.2) is 0 Å². The summed E-state index contributed by atoms with van der Waals surface area (Å²) in [5.74, 6) is -1.45. The fourth-order valence-corrected chi connectivity index (χ4v) is 6.01. The number of benzene rings is 2. The van der Waals surface area contributed by atoms with Gasteiger partial charge in [-0.05, 0) is 76.1 Å². The smallest absolute Gasteiger partial charge is 0.319 e. The predicted molar refractivity (Wildman–Crippen MR) is 182 cm³/mol. The highest BCUT2D eigenvalue weighted by Gasteiger charge is 2.28. The molecule has 0 saturated carbocycles. The largest absolute Gasteiger partial charge is 0.466 e. The van der Waals surface area contributed by atoms with E-state index in [0.29, 0.717) is 30.9 Å². The van der Waals surface area contributed by atoms with Crippen molar-refractivity contribution in [1.29, 1.82) is 0 Å². The molecule has 0 bridgehead atoms. The molecule has 252 valence electrons. The standard InChI is InChI=1S/C34H46ClN3O7S/c1-5-43-32(40)23-30(34(42)44-6-2)46-24-31(39)38(21-22-45-25(3)4)29-13-9-27(10-14-29)33(41)37-19-17-36(18-20-37)16-15-26-7-11-28(35)12-8-26/h7-14,25,30H,5-6,15-24H2,1-4H3. The molecule has 0 spiro atoms. The van der Waals surface area contributed by atoms with E-state index in [1.165, 1.54) is 5.56 Å². The summed E-state index contributed by atoms with van der Waals surface area (Å²) in [4.78, 5) is 57.2. The minimum atomic E-state index is -0.866. The van der Waals surface area contributed by atoms with E-state index < -0.39 is 17.2 Å². The quantitative estimate of drug-likeness (QED) is 0.220. The summed E-state index contributed by atoms with van der Waals surface area (Å²) >= 11 is 7.04. The molecule has 1 atom stereocenters. The van der Waals surface area contributed by atoms with Crippen LogP contribution in [0.3, 0.4) is 0 Å². The third-order valence-electron chi connectivity index (χ3n) is 7.40. The number of halogens is 1. The molecule has 46 heavy (non-hydrogen) atoms. The topological polar surface area (TPSA) is 106 Å². The molecule has 2 aromatic carbocycles. The Kier molecular flexibility index (Phi) is 15.8. The molecule has 0 aliphatic carbocycles. The Morgan fingerprint density at radius 1 is 0.913 bits per heavy atom. The zero-order valence-electron chi connectivity index (χ0n) is 27.2. The Labute approximate surface area is 281 Å². The van der Waals surface area contributed by atoms with Gasteiger partial charge in [-0.15, -0.1) is 11.8 Å². The number of ether oxygens (including phenoxy) is 3. The Morgan fingerprint density at radius 3 is 2.17 bits per heavy atom. The van der Waals surface area contributed by atoms with Gasteiger partial charge in [0.25, 0.3) is 5.91 Å². The van der Waals surface area contributed by atoms with Gasteiger partial charge >= 0.3 is 11.9 Å². The summed E-state index contributed by atoms with van der Waals surface area (Å²) in [6.07, 6.45) is 0.730. The second-order valence-corrected chi connectivity index (χ2v) is 12.7. The van der Waals surface area contributed by atoms with Gasteiger partial charge in [0.2, 0.25) is 5.91 Å². The number of hydrogen-bond donors (Lipinski definition) is 0. The molecule has 1 aliphatic heterocycles. The van der Waals surface area contributed by atoms with Gasteiger partial charge in [-0.1, -0.05) is 23.7 Å². The van der Waals surface area contributed by atoms with Crippen molar-refractivity contribution in [3.05, 3.63) is 64.7 Å². The van der Waals surface area contributed by atoms with E-state index in [-0.39, 0.29) is 49.9 Å². The summed E-state index contributed by atoms with van der Waals surface area (Å²) < 4.78 is 15.8. The van der Waals surface area contributed by atoms with E-state index in [1.807, 2.05) is 43.0 Å². The molecule has 1 saturated heterocycles. The van der Waals surface area contributed by atoms with Crippen LogP contribution in [0.1, 0.15) is 50.0 Å². The number of piperazine rings is 1. The van der Waals surface area contributed by atoms with Gasteiger partial charge in [0.1, 0.15) is 5.25 Å². The van der Waals surface area contributed by atoms with E-state index in [9.17, 15) is 19.2 Å². The van der Waals surface area contributed by atoms with Crippen LogP contribution in [-0.4, -0.2) is 110 Å². The van der Waals surface area contributed by atoms with Crippen LogP contribution >= 0.6 is 23.4 Å². The summed E-state index contributed by atoms with van der Waals surface area (Å²) in [5.41, 5.74) is 2.40. The number of thioether (sulfide) groups is 1. The summed E-state index contributed by atoms with van der Waals surface area (Å²) in [7, 11) is 0. The maximum atomic E-state index is 13.5. The highest BCUT2D eigenvalue weighted by Crippen LogP contribution is 2.22. The molecule has 2 aromatic rings. The Balaban J connectivity index is 1.60. The summed E-state index contributed by atoms with van der Waals surface area (Å²) in [6.45, 7) is 12.0. The van der Waals surface area contributed by atoms with Crippen LogP contribution in [0, 0.1) is 0 Å². The monoisotopic (exact) mass is 675 g/mol. The molecule has 1 fully saturated rings. The minimum absolute atomic E-state index is 0.0120. The highest BCUT2D eigenvalue weighted by atomic mass is 35.5. The van der Waals surface area contributed by atoms with Gasteiger partial charge in [0, 0.05) is 55.5 Å². The van der Waals surface area contributed by atoms with Crippen molar-refractivity contribution in [3.63, 3.8) is 0 Å². The van der Waals surface area contributed by atoms with Crippen molar-refractivity contribution in [3.8, 4) is 0 Å². The van der Waals surface area contributed by atoms with E-state index in [4.69, 9.17) is 25.8 Å². The fraction of sp³-hybridized carbons (Fsp3) is 0.529. The number of nitrogens with zero attached hydrogens (tertiary/aromatic N) is 3. The zero-order chi connectivity index (χ0) is 33.5. The van der Waals surface area contributed by atoms with Crippen LogP contribution in [0.2, 0.25) is 5.02 Å². The maximum Gasteiger partial charge on any atom is 0.319 e. The molecular formula is C34H46ClN3O7S. The van der Waals surface area contributed by atoms with E-state index in [1.54, 1.807) is 43.0 Å². The first kappa shape index (κ1) is 37.3. The molecule has 0 N–H and O–H groups in total. The first-order chi connectivity index (χ1) is 22.1. The molecular weight excluding hydrogens is 630 g/mol. The van der Waals surface area contributed by atoms with Gasteiger partial charge in [-0.25, -0.2) is 0 Å². The number of hydrogen-bond acceptors (Lipinski definition) is 9. The number of esters is 2. The molecule has 1 aliphatic rings. The lowest BCUT2D eigenvalue weighted by molar-refractivity contribution is -0.149. The Morgan fingerprint density at radius 2 is 1.57 bits per heavy atom. The molecule has 1 heterocycles. The number of rotatable bonds is 17. The lowest BCUT2D eigenvalue weighted by Gasteiger charge is -2.35. The molecule has 3 rings (SSSR count). The second kappa shape index (κ2) is 19.5. The third-order valence-corrected chi connectivity index (χ3v) is 8.82. The van der Waals surface area contributed by atoms with Crippen molar-refractivity contribution < 1.29 is 33.4 Å². The van der Waals surface area contributed by atoms with Crippen molar-refractivity contribution in [2.24, 2.45) is 0 Å². The summed E-state index contributed by atoms with van der Waals surface area (Å²) in [6, 6.07) is 14.9. The zero-order valence-corrected chi connectivity index (χ0v) is 28.8. The van der Waals surface area contributed by atoms with Crippen molar-refractivity contribution in [2.45, 2.75) is 51.9 Å². The lowest BCUT2D eigenvalue weighted by Crippen LogP contribution is -2.49. The molecule has 2 amide bonds. The van der Waals surface area contributed by atoms with Crippen molar-refractivity contribution in [2.75, 3.05) is 69.7 Å². The van der Waals surface area contributed by atoms with Crippen LogP contribution in [0.5, 0.6) is 0 Å². The fourth-order valence-electron chi connectivity index (χ4n) is 4.92. The van der Waals surface area contributed by atoms with E-state index in [2.05, 4.69) is 4.90 Å². The predicted octanol–water partition coefficient (Wildman–Crippen LogP) is 4.72. The van der Waals surface area contributed by atoms with Gasteiger partial charge < -0.3 is 24.0 Å². The van der Waals surface area contributed by atoms with Crippen LogP contribution in [0.4, 0.5) is 5.69 Å². The van der Waals surface area contributed by atoms with E-state index >= 15 is 0 Å². The summed E-state index contributed by atoms with van der Waals surface area (Å²) in [5, 5.41) is -0.135. The lowest BCUT2D eigenvalue weighted by atomic mass is 10.1. The first-order valence-corrected chi connectivity index (χ1v) is 17.3. The van der Waals surface area contributed by atoms with Crippen molar-refractivity contribution in [1.82, 2.24) is 9.80 Å². The molecule has 0 radical (unpaired) electrons. The van der Waals surface area contributed by atoms with E-state index in [0.717, 1.165) is 42.8 Å². The van der Waals surface area contributed by atoms with Crippen LogP contribution < -0.4 is 4.90 Å². The Hall–Kier alpha value is -3.12. The van der Waals surface area contributed by atoms with Crippen molar-refractivity contribution >= 4 is 52.8 Å². The number of carbonyl (C=O) groups excluding carboxylic acids is 4. The number of anilines is 1. The molecule has 12 heteroatoms. The van der Waals surface area contributed by atoms with Crippen LogP contribution in [0.25, 0.3) is 0 Å². The number of amides is 2. The molecule has 0 aromatic heterocycles.